The lowest BCUT2D eigenvalue weighted by Crippen LogP contribution is -2.28. The molecule has 1 rings (SSSR count). The first-order valence-electron chi connectivity index (χ1n) is 15.3. The van der Waals surface area contributed by atoms with Crippen molar-refractivity contribution in [2.24, 2.45) is 21.3 Å². The van der Waals surface area contributed by atoms with Gasteiger partial charge in [-0.3, -0.25) is 0 Å². The fourth-order valence-corrected chi connectivity index (χ4v) is 6.13. The number of hydrogen-bond donors (Lipinski definition) is 0. The van der Waals surface area contributed by atoms with Crippen molar-refractivity contribution in [3.05, 3.63) is 0 Å². The molecule has 4 heteroatoms. The summed E-state index contributed by atoms with van der Waals surface area (Å²) in [4.78, 5) is 27.5. The van der Waals surface area contributed by atoms with Gasteiger partial charge in [-0.25, -0.2) is 19.6 Å². The normalized spacial score (nSPS) is 19.7. The Morgan fingerprint density at radius 2 is 1.03 bits per heavy atom. The van der Waals surface area contributed by atoms with Crippen LogP contribution in [0.2, 0.25) is 0 Å². The summed E-state index contributed by atoms with van der Waals surface area (Å²) in [5.41, 5.74) is 0.640. The Bertz CT molecular complexity index is 533. The molecule has 1 aliphatic rings. The van der Waals surface area contributed by atoms with E-state index >= 15 is 0 Å². The molecule has 0 amide bonds. The maximum absolute atomic E-state index is 10.1. The number of hydrogen-bond acceptors (Lipinski definition) is 4. The molecule has 0 aromatic rings. The molecule has 35 heavy (non-hydrogen) atoms. The van der Waals surface area contributed by atoms with Crippen LogP contribution in [-0.2, 0) is 9.59 Å². The van der Waals surface area contributed by atoms with E-state index in [4.69, 9.17) is 0 Å². The predicted molar refractivity (Wildman–Crippen MR) is 148 cm³/mol. The Labute approximate surface area is 217 Å². The van der Waals surface area contributed by atoms with Gasteiger partial charge in [-0.2, -0.15) is 0 Å². The topological polar surface area (TPSA) is 58.9 Å². The number of unbranched alkanes of at least 4 members (excludes halogenated alkanes) is 14. The Hall–Kier alpha value is -1.24. The maximum Gasteiger partial charge on any atom is 0.234 e. The molecule has 0 bridgehead atoms. The molecule has 1 saturated carbocycles. The molecule has 0 spiro atoms. The molecule has 0 atom stereocenters. The highest BCUT2D eigenvalue weighted by Gasteiger charge is 2.33. The van der Waals surface area contributed by atoms with Crippen molar-refractivity contribution >= 4 is 12.2 Å². The second-order valence-electron chi connectivity index (χ2n) is 11.3. The molecular formula is C31H56N2O2. The van der Waals surface area contributed by atoms with Crippen molar-refractivity contribution in [3.63, 3.8) is 0 Å². The first-order valence-corrected chi connectivity index (χ1v) is 15.3. The number of carbonyl (C=O) groups excluding carboxylic acids is 2. The van der Waals surface area contributed by atoms with Gasteiger partial charge < -0.3 is 0 Å². The van der Waals surface area contributed by atoms with E-state index in [1.165, 1.54) is 141 Å². The third kappa shape index (κ3) is 17.8. The first kappa shape index (κ1) is 31.8. The molecule has 0 heterocycles. The largest absolute Gasteiger partial charge is 0.234 e. The van der Waals surface area contributed by atoms with Crippen molar-refractivity contribution in [1.29, 1.82) is 0 Å². The Morgan fingerprint density at radius 1 is 0.600 bits per heavy atom. The second-order valence-corrected chi connectivity index (χ2v) is 11.3. The van der Waals surface area contributed by atoms with Crippen molar-refractivity contribution < 1.29 is 9.59 Å². The van der Waals surface area contributed by atoms with Crippen LogP contribution < -0.4 is 0 Å². The Kier molecular flexibility index (Phi) is 21.1. The zero-order chi connectivity index (χ0) is 25.3. The van der Waals surface area contributed by atoms with Crippen LogP contribution in [0.5, 0.6) is 0 Å². The quantitative estimate of drug-likeness (QED) is 0.0771. The van der Waals surface area contributed by atoms with Gasteiger partial charge in [0.1, 0.15) is 0 Å². The summed E-state index contributed by atoms with van der Waals surface area (Å²) >= 11 is 0. The van der Waals surface area contributed by atoms with Gasteiger partial charge in [0.2, 0.25) is 12.2 Å². The molecule has 0 N–H and O–H groups in total. The van der Waals surface area contributed by atoms with E-state index in [-0.39, 0.29) is 0 Å². The zero-order valence-corrected chi connectivity index (χ0v) is 23.2. The number of rotatable bonds is 24. The average molecular weight is 489 g/mol. The van der Waals surface area contributed by atoms with Crippen LogP contribution in [-0.4, -0.2) is 25.2 Å². The smallest absolute Gasteiger partial charge is 0.211 e. The monoisotopic (exact) mass is 488 g/mol. The van der Waals surface area contributed by atoms with Crippen molar-refractivity contribution in [3.8, 4) is 0 Å². The van der Waals surface area contributed by atoms with E-state index in [0.29, 0.717) is 18.5 Å². The number of nitrogens with zero attached hydrogens (tertiary/aromatic N) is 2. The second kappa shape index (κ2) is 23.2. The van der Waals surface area contributed by atoms with Crippen LogP contribution in [0.15, 0.2) is 9.98 Å². The molecule has 4 nitrogen and oxygen atoms in total. The standard InChI is InChI=1S/C31H56N2O2/c1-2-3-14-19-30-20-24-31(25-21-30,22-15-10-6-4-8-12-17-26-32-28-34)23-16-11-7-5-9-13-18-27-33-29-35/h30H,2-27H2,1H3. The summed E-state index contributed by atoms with van der Waals surface area (Å²) in [5, 5.41) is 0. The molecule has 0 saturated heterocycles. The van der Waals surface area contributed by atoms with Crippen LogP contribution in [0, 0.1) is 11.3 Å². The van der Waals surface area contributed by atoms with Gasteiger partial charge in [0.25, 0.3) is 0 Å². The number of isocyanates is 2. The van der Waals surface area contributed by atoms with Gasteiger partial charge in [-0.1, -0.05) is 110 Å². The lowest BCUT2D eigenvalue weighted by molar-refractivity contribution is 0.111. The summed E-state index contributed by atoms with van der Waals surface area (Å²) in [7, 11) is 0. The third-order valence-electron chi connectivity index (χ3n) is 8.46. The van der Waals surface area contributed by atoms with E-state index in [2.05, 4.69) is 16.9 Å². The van der Waals surface area contributed by atoms with Gasteiger partial charge in [-0.15, -0.1) is 0 Å². The van der Waals surface area contributed by atoms with Gasteiger partial charge >= 0.3 is 0 Å². The van der Waals surface area contributed by atoms with Gasteiger partial charge in [0.15, 0.2) is 0 Å². The summed E-state index contributed by atoms with van der Waals surface area (Å²) < 4.78 is 0. The summed E-state index contributed by atoms with van der Waals surface area (Å²) in [6.07, 6.45) is 35.8. The molecule has 0 aliphatic heterocycles. The van der Waals surface area contributed by atoms with Crippen LogP contribution >= 0.6 is 0 Å². The lowest BCUT2D eigenvalue weighted by Gasteiger charge is -2.41. The molecule has 1 fully saturated rings. The summed E-state index contributed by atoms with van der Waals surface area (Å²) in [5.74, 6) is 1.00. The minimum absolute atomic E-state index is 0.640. The molecule has 202 valence electrons. The molecule has 0 aromatic carbocycles. The Balaban J connectivity index is 2.26. The van der Waals surface area contributed by atoms with Crippen LogP contribution in [0.3, 0.4) is 0 Å². The minimum Gasteiger partial charge on any atom is -0.211 e. The van der Waals surface area contributed by atoms with E-state index in [0.717, 1.165) is 18.8 Å². The third-order valence-corrected chi connectivity index (χ3v) is 8.46. The molecule has 0 unspecified atom stereocenters. The van der Waals surface area contributed by atoms with Gasteiger partial charge in [0, 0.05) is 0 Å². The van der Waals surface area contributed by atoms with Crippen LogP contribution in [0.1, 0.15) is 161 Å². The lowest BCUT2D eigenvalue weighted by atomic mass is 9.64. The molecule has 0 aromatic heterocycles. The minimum atomic E-state index is 0.640. The van der Waals surface area contributed by atoms with Crippen LogP contribution in [0.25, 0.3) is 0 Å². The molecule has 1 aliphatic carbocycles. The predicted octanol–water partition coefficient (Wildman–Crippen LogP) is 9.66. The fourth-order valence-electron chi connectivity index (χ4n) is 6.13. The highest BCUT2D eigenvalue weighted by Crippen LogP contribution is 2.47. The summed E-state index contributed by atoms with van der Waals surface area (Å²) in [6.45, 7) is 3.63. The van der Waals surface area contributed by atoms with Crippen molar-refractivity contribution in [2.45, 2.75) is 161 Å². The molecule has 0 radical (unpaired) electrons. The SMILES string of the molecule is CCCCCC1CCC(CCCCCCCCCN=C=O)(CCCCCCCCCN=C=O)CC1. The van der Waals surface area contributed by atoms with E-state index in [1.54, 1.807) is 12.2 Å². The summed E-state index contributed by atoms with van der Waals surface area (Å²) in [6, 6.07) is 0. The van der Waals surface area contributed by atoms with Crippen molar-refractivity contribution in [1.82, 2.24) is 0 Å². The Morgan fingerprint density at radius 3 is 1.46 bits per heavy atom. The highest BCUT2D eigenvalue weighted by molar-refractivity contribution is 5.32. The number of aliphatic imine (C=N–C) groups is 2. The van der Waals surface area contributed by atoms with Gasteiger partial charge in [-0.05, 0) is 62.7 Å². The molecular weight excluding hydrogens is 432 g/mol. The van der Waals surface area contributed by atoms with Gasteiger partial charge in [0.05, 0.1) is 13.1 Å². The van der Waals surface area contributed by atoms with Crippen LogP contribution in [0.4, 0.5) is 0 Å². The van der Waals surface area contributed by atoms with Crippen molar-refractivity contribution in [2.75, 3.05) is 13.1 Å². The fraction of sp³-hybridized carbons (Fsp3) is 0.935. The van der Waals surface area contributed by atoms with E-state index in [9.17, 15) is 9.59 Å². The first-order chi connectivity index (χ1) is 17.3. The highest BCUT2D eigenvalue weighted by atomic mass is 16.1. The average Bonchev–Trinajstić information content (AvgIpc) is 2.88. The van der Waals surface area contributed by atoms with E-state index < -0.39 is 0 Å². The maximum atomic E-state index is 10.1. The van der Waals surface area contributed by atoms with E-state index in [1.807, 2.05) is 0 Å². The zero-order valence-electron chi connectivity index (χ0n) is 23.2.